The van der Waals surface area contributed by atoms with Crippen LogP contribution in [0.25, 0.3) is 0 Å². The molecule has 120 valence electrons. The lowest BCUT2D eigenvalue weighted by Gasteiger charge is -2.32. The molecule has 4 nitrogen and oxygen atoms in total. The van der Waals surface area contributed by atoms with Gasteiger partial charge < -0.3 is 10.2 Å². The first-order valence-corrected chi connectivity index (χ1v) is 8.27. The largest absolute Gasteiger partial charge is 0.370 e. The summed E-state index contributed by atoms with van der Waals surface area (Å²) >= 11 is 6.42. The van der Waals surface area contributed by atoms with Crippen LogP contribution in [0, 0.1) is 5.92 Å². The molecule has 1 aliphatic rings. The molecule has 1 fully saturated rings. The lowest BCUT2D eigenvalue weighted by molar-refractivity contribution is 0.102. The van der Waals surface area contributed by atoms with Gasteiger partial charge in [-0.2, -0.15) is 0 Å². The number of rotatable bonds is 3. The summed E-state index contributed by atoms with van der Waals surface area (Å²) in [7, 11) is 0. The number of hydrogen-bond donors (Lipinski definition) is 1. The van der Waals surface area contributed by atoms with E-state index in [1.165, 1.54) is 12.8 Å². The fourth-order valence-corrected chi connectivity index (χ4v) is 3.09. The van der Waals surface area contributed by atoms with Gasteiger partial charge in [0.15, 0.2) is 0 Å². The molecule has 1 aromatic carbocycles. The van der Waals surface area contributed by atoms with Crippen LogP contribution in [-0.2, 0) is 0 Å². The van der Waals surface area contributed by atoms with Crippen LogP contribution in [0.2, 0.25) is 5.02 Å². The quantitative estimate of drug-likeness (QED) is 0.916. The molecule has 0 bridgehead atoms. The third-order valence-electron chi connectivity index (χ3n) is 4.25. The van der Waals surface area contributed by atoms with Crippen molar-refractivity contribution in [3.63, 3.8) is 0 Å². The lowest BCUT2D eigenvalue weighted by atomic mass is 9.99. The van der Waals surface area contributed by atoms with Crippen molar-refractivity contribution >= 4 is 28.9 Å². The fraction of sp³-hybridized carbons (Fsp3) is 0.333. The molecule has 5 heteroatoms. The summed E-state index contributed by atoms with van der Waals surface area (Å²) in [5, 5.41) is 3.52. The van der Waals surface area contributed by atoms with Gasteiger partial charge in [0.25, 0.3) is 5.91 Å². The Morgan fingerprint density at radius 3 is 2.74 bits per heavy atom. The van der Waals surface area contributed by atoms with Gasteiger partial charge in [0, 0.05) is 31.2 Å². The zero-order valence-corrected chi connectivity index (χ0v) is 13.9. The van der Waals surface area contributed by atoms with Crippen molar-refractivity contribution in [2.45, 2.75) is 19.8 Å². The second-order valence-electron chi connectivity index (χ2n) is 6.03. The number of carbonyl (C=O) groups excluding carboxylic acids is 1. The summed E-state index contributed by atoms with van der Waals surface area (Å²) in [5.41, 5.74) is 2.26. The summed E-state index contributed by atoms with van der Waals surface area (Å²) < 4.78 is 0. The number of benzene rings is 1. The van der Waals surface area contributed by atoms with E-state index >= 15 is 0 Å². The first-order chi connectivity index (χ1) is 11.1. The summed E-state index contributed by atoms with van der Waals surface area (Å²) in [5.74, 6) is 0.594. The molecule has 1 saturated heterocycles. The molecule has 1 aliphatic heterocycles. The van der Waals surface area contributed by atoms with Gasteiger partial charge in [-0.25, -0.2) is 0 Å². The Hall–Kier alpha value is -2.07. The van der Waals surface area contributed by atoms with Gasteiger partial charge >= 0.3 is 0 Å². The maximum atomic E-state index is 12.1. The molecule has 3 rings (SSSR count). The molecular weight excluding hydrogens is 310 g/mol. The van der Waals surface area contributed by atoms with Crippen LogP contribution in [0.15, 0.2) is 42.7 Å². The molecule has 1 aromatic heterocycles. The summed E-state index contributed by atoms with van der Waals surface area (Å²) in [6, 6.07) is 9.16. The van der Waals surface area contributed by atoms with Gasteiger partial charge in [-0.3, -0.25) is 9.78 Å². The van der Waals surface area contributed by atoms with Gasteiger partial charge in [-0.15, -0.1) is 0 Å². The second-order valence-corrected chi connectivity index (χ2v) is 6.44. The number of carbonyl (C=O) groups is 1. The van der Waals surface area contributed by atoms with Gasteiger partial charge in [0.1, 0.15) is 0 Å². The SMILES string of the molecule is CC1CCN(c2ccc(NC(=O)c3cccnc3)cc2Cl)CC1. The number of nitrogens with one attached hydrogen (secondary N) is 1. The second kappa shape index (κ2) is 7.01. The van der Waals surface area contributed by atoms with Gasteiger partial charge in [-0.05, 0) is 49.1 Å². The van der Waals surface area contributed by atoms with Crippen molar-refractivity contribution < 1.29 is 4.79 Å². The number of nitrogens with zero attached hydrogens (tertiary/aromatic N) is 2. The van der Waals surface area contributed by atoms with Gasteiger partial charge in [0.05, 0.1) is 16.3 Å². The Bertz CT molecular complexity index is 682. The Balaban J connectivity index is 1.71. The Morgan fingerprint density at radius 1 is 1.30 bits per heavy atom. The van der Waals surface area contributed by atoms with E-state index in [1.54, 1.807) is 24.5 Å². The molecule has 1 amide bonds. The molecule has 2 heterocycles. The molecule has 1 N–H and O–H groups in total. The maximum absolute atomic E-state index is 12.1. The number of anilines is 2. The third kappa shape index (κ3) is 3.82. The van der Waals surface area contributed by atoms with Crippen molar-refractivity contribution in [3.05, 3.63) is 53.3 Å². The van der Waals surface area contributed by atoms with Crippen LogP contribution < -0.4 is 10.2 Å². The van der Waals surface area contributed by atoms with E-state index in [4.69, 9.17) is 11.6 Å². The number of halogens is 1. The molecule has 0 unspecified atom stereocenters. The highest BCUT2D eigenvalue weighted by Gasteiger charge is 2.18. The minimum absolute atomic E-state index is 0.186. The van der Waals surface area contributed by atoms with Crippen molar-refractivity contribution in [2.75, 3.05) is 23.3 Å². The molecule has 0 aliphatic carbocycles. The van der Waals surface area contributed by atoms with Crippen LogP contribution in [0.3, 0.4) is 0 Å². The molecule has 23 heavy (non-hydrogen) atoms. The highest BCUT2D eigenvalue weighted by Crippen LogP contribution is 2.31. The van der Waals surface area contributed by atoms with E-state index in [-0.39, 0.29) is 5.91 Å². The molecular formula is C18H20ClN3O. The van der Waals surface area contributed by atoms with E-state index in [0.29, 0.717) is 16.3 Å². The third-order valence-corrected chi connectivity index (χ3v) is 4.56. The smallest absolute Gasteiger partial charge is 0.257 e. The standard InChI is InChI=1S/C18H20ClN3O/c1-13-6-9-22(10-7-13)17-5-4-15(11-16(17)19)21-18(23)14-3-2-8-20-12-14/h2-5,8,11-13H,6-7,9-10H2,1H3,(H,21,23). The van der Waals surface area contributed by atoms with Crippen LogP contribution in [-0.4, -0.2) is 24.0 Å². The number of aromatic nitrogens is 1. The maximum Gasteiger partial charge on any atom is 0.257 e. The Morgan fingerprint density at radius 2 is 2.09 bits per heavy atom. The van der Waals surface area contributed by atoms with Gasteiger partial charge in [0.2, 0.25) is 0 Å². The number of piperidine rings is 1. The topological polar surface area (TPSA) is 45.2 Å². The van der Waals surface area contributed by atoms with E-state index in [1.807, 2.05) is 18.2 Å². The minimum Gasteiger partial charge on any atom is -0.370 e. The summed E-state index contributed by atoms with van der Waals surface area (Å²) in [6.45, 7) is 4.35. The first-order valence-electron chi connectivity index (χ1n) is 7.89. The first kappa shape index (κ1) is 15.8. The van der Waals surface area contributed by atoms with E-state index in [9.17, 15) is 4.79 Å². The zero-order valence-electron chi connectivity index (χ0n) is 13.1. The highest BCUT2D eigenvalue weighted by molar-refractivity contribution is 6.33. The van der Waals surface area contributed by atoms with Crippen LogP contribution >= 0.6 is 11.6 Å². The van der Waals surface area contributed by atoms with Crippen LogP contribution in [0.1, 0.15) is 30.1 Å². The normalized spacial score (nSPS) is 15.5. The monoisotopic (exact) mass is 329 g/mol. The Kier molecular flexibility index (Phi) is 4.82. The fourth-order valence-electron chi connectivity index (χ4n) is 2.79. The van der Waals surface area contributed by atoms with E-state index in [2.05, 4.69) is 22.1 Å². The lowest BCUT2D eigenvalue weighted by Crippen LogP contribution is -2.32. The zero-order chi connectivity index (χ0) is 16.2. The number of pyridine rings is 1. The Labute approximate surface area is 141 Å². The average Bonchev–Trinajstić information content (AvgIpc) is 2.57. The van der Waals surface area contributed by atoms with Crippen LogP contribution in [0.4, 0.5) is 11.4 Å². The highest BCUT2D eigenvalue weighted by atomic mass is 35.5. The molecule has 0 atom stereocenters. The van der Waals surface area contributed by atoms with Crippen LogP contribution in [0.5, 0.6) is 0 Å². The summed E-state index contributed by atoms with van der Waals surface area (Å²) in [4.78, 5) is 18.4. The summed E-state index contributed by atoms with van der Waals surface area (Å²) in [6.07, 6.45) is 5.56. The number of amides is 1. The van der Waals surface area contributed by atoms with Crippen molar-refractivity contribution in [3.8, 4) is 0 Å². The minimum atomic E-state index is -0.186. The predicted octanol–water partition coefficient (Wildman–Crippen LogP) is 4.22. The average molecular weight is 330 g/mol. The van der Waals surface area contributed by atoms with E-state index in [0.717, 1.165) is 24.7 Å². The van der Waals surface area contributed by atoms with E-state index < -0.39 is 0 Å². The van der Waals surface area contributed by atoms with Crippen molar-refractivity contribution in [1.29, 1.82) is 0 Å². The molecule has 0 spiro atoms. The molecule has 2 aromatic rings. The van der Waals surface area contributed by atoms with Gasteiger partial charge in [-0.1, -0.05) is 18.5 Å². The predicted molar refractivity (Wildman–Crippen MR) is 94.3 cm³/mol. The van der Waals surface area contributed by atoms with Crippen molar-refractivity contribution in [1.82, 2.24) is 4.98 Å². The number of hydrogen-bond acceptors (Lipinski definition) is 3. The molecule has 0 radical (unpaired) electrons. The molecule has 0 saturated carbocycles. The van der Waals surface area contributed by atoms with Crippen molar-refractivity contribution in [2.24, 2.45) is 5.92 Å².